The van der Waals surface area contributed by atoms with Crippen LogP contribution in [0.3, 0.4) is 0 Å². The molecule has 0 aliphatic heterocycles. The van der Waals surface area contributed by atoms with Gasteiger partial charge in [0, 0.05) is 12.5 Å². The Morgan fingerprint density at radius 2 is 1.80 bits per heavy atom. The van der Waals surface area contributed by atoms with Gasteiger partial charge in [-0.1, -0.05) is 23.5 Å². The van der Waals surface area contributed by atoms with Crippen molar-refractivity contribution < 1.29 is 17.9 Å². The van der Waals surface area contributed by atoms with Gasteiger partial charge < -0.3 is 10.1 Å². The molecular formula is C21H17N3O4S2. The van der Waals surface area contributed by atoms with E-state index in [1.54, 1.807) is 24.3 Å². The summed E-state index contributed by atoms with van der Waals surface area (Å²) in [6.45, 7) is 1.43. The van der Waals surface area contributed by atoms with Crippen molar-refractivity contribution in [2.75, 3.05) is 12.4 Å². The van der Waals surface area contributed by atoms with Gasteiger partial charge in [0.25, 0.3) is 0 Å². The summed E-state index contributed by atoms with van der Waals surface area (Å²) in [4.78, 5) is 20.1. The van der Waals surface area contributed by atoms with Gasteiger partial charge in [0.2, 0.25) is 15.7 Å². The molecule has 0 aliphatic rings. The van der Waals surface area contributed by atoms with Crippen molar-refractivity contribution in [3.8, 4) is 17.0 Å². The van der Waals surface area contributed by atoms with Crippen LogP contribution in [0, 0.1) is 0 Å². The highest BCUT2D eigenvalue weighted by Crippen LogP contribution is 2.31. The number of benzene rings is 2. The second kappa shape index (κ2) is 7.85. The first-order valence-corrected chi connectivity index (χ1v) is 11.2. The summed E-state index contributed by atoms with van der Waals surface area (Å²) in [6, 6.07) is 16.6. The molecule has 4 aromatic rings. The smallest absolute Gasteiger partial charge is 0.223 e. The number of anilines is 1. The number of hydrogen-bond donors (Lipinski definition) is 1. The molecule has 0 bridgehead atoms. The summed E-state index contributed by atoms with van der Waals surface area (Å²) in [7, 11) is -2.25. The third-order valence-corrected chi connectivity index (χ3v) is 6.94. The Morgan fingerprint density at radius 1 is 1.03 bits per heavy atom. The fraction of sp³-hybridized carbons (Fsp3) is 0.0952. The average molecular weight is 440 g/mol. The number of aromatic nitrogens is 2. The Balaban J connectivity index is 1.71. The van der Waals surface area contributed by atoms with Crippen LogP contribution in [0.15, 0.2) is 70.6 Å². The molecule has 0 saturated heterocycles. The van der Waals surface area contributed by atoms with Crippen molar-refractivity contribution in [2.45, 2.75) is 16.8 Å². The van der Waals surface area contributed by atoms with E-state index in [9.17, 15) is 13.2 Å². The molecular weight excluding hydrogens is 422 g/mol. The van der Waals surface area contributed by atoms with E-state index in [4.69, 9.17) is 4.74 Å². The first kappa shape index (κ1) is 20.0. The number of pyridine rings is 1. The van der Waals surface area contributed by atoms with Gasteiger partial charge in [-0.05, 0) is 48.5 Å². The van der Waals surface area contributed by atoms with Gasteiger partial charge in [-0.15, -0.1) is 0 Å². The lowest BCUT2D eigenvalue weighted by Gasteiger charge is -2.07. The first-order valence-electron chi connectivity index (χ1n) is 8.91. The van der Waals surface area contributed by atoms with E-state index in [1.807, 2.05) is 18.2 Å². The number of amides is 1. The number of rotatable bonds is 5. The van der Waals surface area contributed by atoms with Crippen LogP contribution < -0.4 is 10.1 Å². The molecule has 2 aromatic carbocycles. The average Bonchev–Trinajstić information content (AvgIpc) is 3.14. The van der Waals surface area contributed by atoms with Crippen molar-refractivity contribution in [3.63, 3.8) is 0 Å². The largest absolute Gasteiger partial charge is 0.497 e. The van der Waals surface area contributed by atoms with E-state index in [0.29, 0.717) is 16.6 Å². The van der Waals surface area contributed by atoms with Gasteiger partial charge >= 0.3 is 0 Å². The van der Waals surface area contributed by atoms with Crippen molar-refractivity contribution >= 4 is 42.4 Å². The third kappa shape index (κ3) is 3.89. The number of carbonyl (C=O) groups is 1. The molecule has 4 rings (SSSR count). The molecule has 0 spiro atoms. The minimum atomic E-state index is -3.77. The minimum Gasteiger partial charge on any atom is -0.497 e. The highest BCUT2D eigenvalue weighted by Gasteiger charge is 2.20. The van der Waals surface area contributed by atoms with Crippen LogP contribution in [0.1, 0.15) is 6.92 Å². The molecule has 9 heteroatoms. The van der Waals surface area contributed by atoms with Gasteiger partial charge in [0.1, 0.15) is 5.75 Å². The Labute approximate surface area is 177 Å². The van der Waals surface area contributed by atoms with Gasteiger partial charge in [0.15, 0.2) is 10.2 Å². The maximum Gasteiger partial charge on any atom is 0.223 e. The number of nitrogens with one attached hydrogen (secondary N) is 1. The lowest BCUT2D eigenvalue weighted by atomic mass is 10.1. The molecule has 30 heavy (non-hydrogen) atoms. The van der Waals surface area contributed by atoms with E-state index < -0.39 is 9.84 Å². The molecule has 1 N–H and O–H groups in total. The number of ether oxygens (including phenoxy) is 1. The summed E-state index contributed by atoms with van der Waals surface area (Å²) in [6.07, 6.45) is 0. The highest BCUT2D eigenvalue weighted by atomic mass is 32.2. The number of fused-ring (bicyclic) bond motifs is 1. The zero-order chi connectivity index (χ0) is 21.3. The maximum atomic E-state index is 13.0. The van der Waals surface area contributed by atoms with Crippen molar-refractivity contribution in [1.82, 2.24) is 9.97 Å². The van der Waals surface area contributed by atoms with Crippen molar-refractivity contribution in [1.29, 1.82) is 0 Å². The van der Waals surface area contributed by atoms with Crippen LogP contribution in [-0.4, -0.2) is 31.4 Å². The molecule has 0 atom stereocenters. The van der Waals surface area contributed by atoms with E-state index in [0.717, 1.165) is 15.8 Å². The van der Waals surface area contributed by atoms with Gasteiger partial charge in [0.05, 0.1) is 27.9 Å². The molecule has 2 heterocycles. The van der Waals surface area contributed by atoms with Gasteiger partial charge in [-0.2, -0.15) is 0 Å². The summed E-state index contributed by atoms with van der Waals surface area (Å²) >= 11 is 1.34. The molecule has 0 aliphatic carbocycles. The number of methoxy groups -OCH3 is 1. The van der Waals surface area contributed by atoms with Crippen LogP contribution in [0.4, 0.5) is 5.13 Å². The summed E-state index contributed by atoms with van der Waals surface area (Å²) in [5.74, 6) is 0.388. The van der Waals surface area contributed by atoms with E-state index in [1.165, 1.54) is 43.6 Å². The molecule has 2 aromatic heterocycles. The highest BCUT2D eigenvalue weighted by molar-refractivity contribution is 7.91. The Kier molecular flexibility index (Phi) is 5.23. The molecule has 0 saturated carbocycles. The monoisotopic (exact) mass is 439 g/mol. The maximum absolute atomic E-state index is 13.0. The second-order valence-electron chi connectivity index (χ2n) is 6.42. The van der Waals surface area contributed by atoms with Crippen LogP contribution in [-0.2, 0) is 14.6 Å². The molecule has 0 unspecified atom stereocenters. The van der Waals surface area contributed by atoms with E-state index in [-0.39, 0.29) is 15.8 Å². The van der Waals surface area contributed by atoms with Crippen molar-refractivity contribution in [3.05, 3.63) is 60.7 Å². The normalized spacial score (nSPS) is 11.4. The first-order chi connectivity index (χ1) is 14.4. The Hall–Kier alpha value is -3.30. The van der Waals surface area contributed by atoms with Crippen LogP contribution in [0.25, 0.3) is 21.5 Å². The summed E-state index contributed by atoms with van der Waals surface area (Å²) in [5.41, 5.74) is 2.03. The summed E-state index contributed by atoms with van der Waals surface area (Å²) in [5, 5.41) is 3.15. The van der Waals surface area contributed by atoms with Crippen molar-refractivity contribution in [2.24, 2.45) is 0 Å². The lowest BCUT2D eigenvalue weighted by molar-refractivity contribution is -0.114. The van der Waals surface area contributed by atoms with Crippen LogP contribution in [0.2, 0.25) is 0 Å². The summed E-state index contributed by atoms with van der Waals surface area (Å²) < 4.78 is 31.9. The predicted octanol–water partition coefficient (Wildman–Crippen LogP) is 4.16. The van der Waals surface area contributed by atoms with Gasteiger partial charge in [-0.3, -0.25) is 4.79 Å². The molecule has 0 fully saturated rings. The predicted molar refractivity (Wildman–Crippen MR) is 116 cm³/mol. The molecule has 7 nitrogen and oxygen atoms in total. The fourth-order valence-corrected chi connectivity index (χ4v) is 5.05. The SMILES string of the molecule is COc1ccc(S(=O)(=O)c2cccc(-c3ccc4nc(NC(C)=O)sc4c3)n2)cc1. The molecule has 1 amide bonds. The molecule has 152 valence electrons. The zero-order valence-corrected chi connectivity index (χ0v) is 17.8. The fourth-order valence-electron chi connectivity index (χ4n) is 2.89. The quantitative estimate of drug-likeness (QED) is 0.501. The number of hydrogen-bond acceptors (Lipinski definition) is 7. The van der Waals surface area contributed by atoms with Gasteiger partial charge in [-0.25, -0.2) is 18.4 Å². The Morgan fingerprint density at radius 3 is 2.50 bits per heavy atom. The topological polar surface area (TPSA) is 98.3 Å². The van der Waals surface area contributed by atoms with E-state index in [2.05, 4.69) is 15.3 Å². The number of nitrogens with zero attached hydrogens (tertiary/aromatic N) is 2. The molecule has 0 radical (unpaired) electrons. The van der Waals surface area contributed by atoms with E-state index >= 15 is 0 Å². The zero-order valence-electron chi connectivity index (χ0n) is 16.1. The van der Waals surface area contributed by atoms with Crippen LogP contribution in [0.5, 0.6) is 5.75 Å². The standard InChI is InChI=1S/C21H17N3O4S2/c1-13(25)22-21-24-18-11-6-14(12-19(18)29-21)17-4-3-5-20(23-17)30(26,27)16-9-7-15(28-2)8-10-16/h3-12H,1-2H3,(H,22,24,25). The Bertz CT molecular complexity index is 1350. The third-order valence-electron chi connectivity index (χ3n) is 4.34. The van der Waals surface area contributed by atoms with Crippen LogP contribution >= 0.6 is 11.3 Å². The number of carbonyl (C=O) groups excluding carboxylic acids is 1. The number of thiazole rings is 1. The lowest BCUT2D eigenvalue weighted by Crippen LogP contribution is -2.05. The second-order valence-corrected chi connectivity index (χ2v) is 9.35. The number of sulfone groups is 1. The minimum absolute atomic E-state index is 0.0338.